The second-order valence-corrected chi connectivity index (χ2v) is 6.64. The van der Waals surface area contributed by atoms with Crippen molar-refractivity contribution in [1.82, 2.24) is 14.9 Å². The third-order valence-electron chi connectivity index (χ3n) is 3.44. The zero-order valence-electron chi connectivity index (χ0n) is 14.2. The van der Waals surface area contributed by atoms with E-state index < -0.39 is 29.5 Å². The molecule has 2 amide bonds. The van der Waals surface area contributed by atoms with Crippen LogP contribution in [0.25, 0.3) is 6.08 Å². The fourth-order valence-corrected chi connectivity index (χ4v) is 3.13. The van der Waals surface area contributed by atoms with Crippen molar-refractivity contribution in [3.63, 3.8) is 0 Å². The van der Waals surface area contributed by atoms with E-state index in [-0.39, 0.29) is 21.8 Å². The van der Waals surface area contributed by atoms with Gasteiger partial charge in [0, 0.05) is 0 Å². The Morgan fingerprint density at radius 3 is 2.93 bits per heavy atom. The lowest BCUT2D eigenvalue weighted by Gasteiger charge is -2.09. The van der Waals surface area contributed by atoms with E-state index in [0.717, 1.165) is 18.2 Å². The van der Waals surface area contributed by atoms with E-state index >= 15 is 0 Å². The van der Waals surface area contributed by atoms with Gasteiger partial charge in [0.15, 0.2) is 0 Å². The van der Waals surface area contributed by atoms with Gasteiger partial charge in [0.05, 0.1) is 18.2 Å². The largest absolute Gasteiger partial charge is 0.468 e. The highest BCUT2D eigenvalue weighted by molar-refractivity contribution is 8.18. The number of aromatic nitrogens is 2. The number of carbonyl (C=O) groups excluding carboxylic acids is 3. The van der Waals surface area contributed by atoms with Crippen LogP contribution in [-0.2, 0) is 14.3 Å². The van der Waals surface area contributed by atoms with Crippen LogP contribution in [0.1, 0.15) is 5.56 Å². The maximum Gasteiger partial charge on any atom is 0.325 e. The average Bonchev–Trinajstić information content (AvgIpc) is 2.92. The van der Waals surface area contributed by atoms with Crippen LogP contribution in [0.15, 0.2) is 35.4 Å². The van der Waals surface area contributed by atoms with E-state index in [1.807, 2.05) is 0 Å². The minimum Gasteiger partial charge on any atom is -0.468 e. The van der Waals surface area contributed by atoms with Gasteiger partial charge in [-0.25, -0.2) is 4.98 Å². The van der Waals surface area contributed by atoms with Gasteiger partial charge in [-0.05, 0) is 47.1 Å². The Balaban J connectivity index is 1.81. The van der Waals surface area contributed by atoms with Crippen molar-refractivity contribution in [2.75, 3.05) is 13.7 Å². The third-order valence-corrected chi connectivity index (χ3v) is 4.53. The van der Waals surface area contributed by atoms with Gasteiger partial charge in [0.25, 0.3) is 17.0 Å². The molecule has 2 heterocycles. The number of imide groups is 1. The minimum atomic E-state index is -0.793. The van der Waals surface area contributed by atoms with E-state index in [4.69, 9.17) is 16.3 Å². The Morgan fingerprint density at radius 2 is 2.18 bits per heavy atom. The fourth-order valence-electron chi connectivity index (χ4n) is 2.16. The molecule has 28 heavy (non-hydrogen) atoms. The summed E-state index contributed by atoms with van der Waals surface area (Å²) >= 11 is 6.32. The zero-order valence-corrected chi connectivity index (χ0v) is 15.8. The summed E-state index contributed by atoms with van der Waals surface area (Å²) in [4.78, 5) is 43.7. The lowest BCUT2D eigenvalue weighted by molar-refractivity contribution is -0.143. The minimum absolute atomic E-state index is 0.127. The standard InChI is InChI=1S/C17H11ClFN3O5S/c1-26-13(23)8-22-15(24)12(28-17(22)25)6-9-3-2-4-10(5-9)27-14-11(19)7-20-16(18)21-14/h2-7H,8H2,1H3/b12-6+. The first kappa shape index (κ1) is 19.8. The number of methoxy groups -OCH3 is 1. The molecule has 0 bridgehead atoms. The fraction of sp³-hybridized carbons (Fsp3) is 0.118. The lowest BCUT2D eigenvalue weighted by Crippen LogP contribution is -2.34. The normalized spacial score (nSPS) is 15.2. The SMILES string of the molecule is COC(=O)CN1C(=O)S/C(=C/c2cccc(Oc3nc(Cl)ncc3F)c2)C1=O. The van der Waals surface area contributed by atoms with E-state index in [0.29, 0.717) is 17.3 Å². The van der Waals surface area contributed by atoms with E-state index in [1.165, 1.54) is 12.1 Å². The Hall–Kier alpha value is -2.98. The van der Waals surface area contributed by atoms with Crippen molar-refractivity contribution < 1.29 is 28.2 Å². The van der Waals surface area contributed by atoms with Crippen LogP contribution in [0.2, 0.25) is 5.28 Å². The first-order valence-electron chi connectivity index (χ1n) is 7.65. The monoisotopic (exact) mass is 423 g/mol. The second-order valence-electron chi connectivity index (χ2n) is 5.31. The molecule has 1 aromatic heterocycles. The molecule has 1 fully saturated rings. The molecule has 0 saturated carbocycles. The summed E-state index contributed by atoms with van der Waals surface area (Å²) in [6, 6.07) is 6.34. The van der Waals surface area contributed by atoms with Crippen LogP contribution in [0.4, 0.5) is 9.18 Å². The number of halogens is 2. The quantitative estimate of drug-likeness (QED) is 0.410. The Bertz CT molecular complexity index is 1000. The smallest absolute Gasteiger partial charge is 0.325 e. The van der Waals surface area contributed by atoms with Crippen LogP contribution in [0.5, 0.6) is 11.6 Å². The van der Waals surface area contributed by atoms with Crippen LogP contribution in [-0.4, -0.2) is 45.6 Å². The molecule has 0 aliphatic carbocycles. The summed E-state index contributed by atoms with van der Waals surface area (Å²) in [5.74, 6) is -2.23. The summed E-state index contributed by atoms with van der Waals surface area (Å²) in [5, 5.41) is -0.751. The number of esters is 1. The molecule has 1 aliphatic rings. The van der Waals surface area contributed by atoms with Crippen molar-refractivity contribution >= 4 is 46.6 Å². The number of carbonyl (C=O) groups is 3. The highest BCUT2D eigenvalue weighted by Crippen LogP contribution is 2.33. The van der Waals surface area contributed by atoms with Gasteiger partial charge in [0.2, 0.25) is 11.1 Å². The first-order chi connectivity index (χ1) is 13.4. The van der Waals surface area contributed by atoms with Crippen LogP contribution < -0.4 is 4.74 Å². The van der Waals surface area contributed by atoms with Gasteiger partial charge >= 0.3 is 5.97 Å². The molecule has 3 rings (SSSR count). The molecule has 1 aromatic carbocycles. The van der Waals surface area contributed by atoms with Gasteiger partial charge in [-0.15, -0.1) is 0 Å². The molecule has 0 spiro atoms. The molecule has 0 radical (unpaired) electrons. The second kappa shape index (κ2) is 8.36. The van der Waals surface area contributed by atoms with E-state index in [2.05, 4.69) is 14.7 Å². The Morgan fingerprint density at radius 1 is 1.39 bits per heavy atom. The number of nitrogens with zero attached hydrogens (tertiary/aromatic N) is 3. The highest BCUT2D eigenvalue weighted by Gasteiger charge is 2.36. The average molecular weight is 424 g/mol. The van der Waals surface area contributed by atoms with E-state index in [9.17, 15) is 18.8 Å². The molecule has 11 heteroatoms. The van der Waals surface area contributed by atoms with Crippen molar-refractivity contribution in [2.45, 2.75) is 0 Å². The molecule has 0 unspecified atom stereocenters. The topological polar surface area (TPSA) is 98.7 Å². The predicted molar refractivity (Wildman–Crippen MR) is 98.2 cm³/mol. The number of benzene rings is 1. The highest BCUT2D eigenvalue weighted by atomic mass is 35.5. The number of thioether (sulfide) groups is 1. The number of rotatable bonds is 5. The van der Waals surface area contributed by atoms with Gasteiger partial charge in [0.1, 0.15) is 12.3 Å². The van der Waals surface area contributed by atoms with Crippen molar-refractivity contribution in [3.8, 4) is 11.6 Å². The van der Waals surface area contributed by atoms with Crippen LogP contribution in [0, 0.1) is 5.82 Å². The molecule has 144 valence electrons. The van der Waals surface area contributed by atoms with Crippen molar-refractivity contribution in [3.05, 3.63) is 52.0 Å². The van der Waals surface area contributed by atoms with Crippen molar-refractivity contribution in [1.29, 1.82) is 0 Å². The number of ether oxygens (including phenoxy) is 2. The van der Waals surface area contributed by atoms with Gasteiger partial charge < -0.3 is 9.47 Å². The summed E-state index contributed by atoms with van der Waals surface area (Å²) < 4.78 is 23.5. The predicted octanol–water partition coefficient (Wildman–Crippen LogP) is 3.27. The summed E-state index contributed by atoms with van der Waals surface area (Å²) in [5.41, 5.74) is 0.515. The van der Waals surface area contributed by atoms with Gasteiger partial charge in [-0.2, -0.15) is 9.37 Å². The number of amides is 2. The Labute approximate surface area is 167 Å². The van der Waals surface area contributed by atoms with Crippen LogP contribution >= 0.6 is 23.4 Å². The molecule has 0 N–H and O–H groups in total. The van der Waals surface area contributed by atoms with E-state index in [1.54, 1.807) is 18.2 Å². The maximum absolute atomic E-state index is 13.7. The van der Waals surface area contributed by atoms with Crippen LogP contribution in [0.3, 0.4) is 0 Å². The number of hydrogen-bond donors (Lipinski definition) is 0. The van der Waals surface area contributed by atoms with Gasteiger partial charge in [-0.3, -0.25) is 19.3 Å². The summed E-state index contributed by atoms with van der Waals surface area (Å²) in [6.07, 6.45) is 2.34. The zero-order chi connectivity index (χ0) is 20.3. The molecule has 0 atom stereocenters. The lowest BCUT2D eigenvalue weighted by atomic mass is 10.2. The number of hydrogen-bond acceptors (Lipinski definition) is 8. The molecular formula is C17H11ClFN3O5S. The third kappa shape index (κ3) is 4.46. The summed E-state index contributed by atoms with van der Waals surface area (Å²) in [6.45, 7) is -0.463. The van der Waals surface area contributed by atoms with Gasteiger partial charge in [-0.1, -0.05) is 12.1 Å². The van der Waals surface area contributed by atoms with Crippen molar-refractivity contribution in [2.24, 2.45) is 0 Å². The molecular weight excluding hydrogens is 413 g/mol. The maximum atomic E-state index is 13.7. The summed E-state index contributed by atoms with van der Waals surface area (Å²) in [7, 11) is 1.16. The molecule has 2 aromatic rings. The first-order valence-corrected chi connectivity index (χ1v) is 8.85. The molecule has 1 aliphatic heterocycles. The molecule has 1 saturated heterocycles. The molecule has 8 nitrogen and oxygen atoms in total. The Kier molecular flexibility index (Phi) is 5.90.